The smallest absolute Gasteiger partial charge is 0.229 e. The molecule has 2 N–H and O–H groups in total. The standard InChI is InChI=1S/C12H18N2O2/c1-12(2)7-10(15)8-14(12)11(16)6-9-4-3-5-13-9/h3-5,10,13,15H,6-8H2,1-2H3. The summed E-state index contributed by atoms with van der Waals surface area (Å²) in [5.74, 6) is 0.0731. The van der Waals surface area contributed by atoms with E-state index in [1.165, 1.54) is 0 Å². The van der Waals surface area contributed by atoms with Crippen LogP contribution in [0.25, 0.3) is 0 Å². The largest absolute Gasteiger partial charge is 0.391 e. The number of aromatic nitrogens is 1. The Bertz CT molecular complexity index is 370. The van der Waals surface area contributed by atoms with Crippen LogP contribution in [0.5, 0.6) is 0 Å². The second kappa shape index (κ2) is 3.94. The molecule has 4 heteroatoms. The molecule has 1 aromatic heterocycles. The second-order valence-electron chi connectivity index (χ2n) is 5.05. The zero-order valence-electron chi connectivity index (χ0n) is 9.73. The summed E-state index contributed by atoms with van der Waals surface area (Å²) < 4.78 is 0. The minimum Gasteiger partial charge on any atom is -0.391 e. The molecule has 1 fully saturated rings. The number of β-amino-alcohol motifs (C(OH)–C–C–N with tert-alkyl or cyclic N) is 1. The van der Waals surface area contributed by atoms with E-state index < -0.39 is 0 Å². The lowest BCUT2D eigenvalue weighted by molar-refractivity contribution is -0.133. The van der Waals surface area contributed by atoms with Crippen molar-refractivity contribution in [3.8, 4) is 0 Å². The van der Waals surface area contributed by atoms with Crippen LogP contribution in [0, 0.1) is 0 Å². The third-order valence-electron chi connectivity index (χ3n) is 3.16. The number of likely N-dealkylation sites (tertiary alicyclic amines) is 1. The summed E-state index contributed by atoms with van der Waals surface area (Å²) >= 11 is 0. The number of hydrogen-bond acceptors (Lipinski definition) is 2. The van der Waals surface area contributed by atoms with Gasteiger partial charge in [0, 0.05) is 24.0 Å². The second-order valence-corrected chi connectivity index (χ2v) is 5.05. The molecule has 1 saturated heterocycles. The third-order valence-corrected chi connectivity index (χ3v) is 3.16. The average Bonchev–Trinajstić information content (AvgIpc) is 2.73. The fourth-order valence-corrected chi connectivity index (χ4v) is 2.38. The molecule has 0 aliphatic carbocycles. The molecule has 0 spiro atoms. The van der Waals surface area contributed by atoms with Crippen molar-refractivity contribution in [1.82, 2.24) is 9.88 Å². The van der Waals surface area contributed by atoms with Crippen LogP contribution < -0.4 is 0 Å². The summed E-state index contributed by atoms with van der Waals surface area (Å²) in [4.78, 5) is 16.9. The van der Waals surface area contributed by atoms with Crippen LogP contribution in [0.4, 0.5) is 0 Å². The molecule has 1 unspecified atom stereocenters. The molecule has 1 aromatic rings. The Kier molecular flexibility index (Phi) is 2.76. The van der Waals surface area contributed by atoms with E-state index >= 15 is 0 Å². The van der Waals surface area contributed by atoms with Crippen molar-refractivity contribution in [2.24, 2.45) is 0 Å². The number of amides is 1. The highest BCUT2D eigenvalue weighted by molar-refractivity contribution is 5.79. The van der Waals surface area contributed by atoms with E-state index in [0.29, 0.717) is 19.4 Å². The number of carbonyl (C=O) groups excluding carboxylic acids is 1. The van der Waals surface area contributed by atoms with Crippen LogP contribution in [-0.4, -0.2) is 39.1 Å². The van der Waals surface area contributed by atoms with E-state index in [4.69, 9.17) is 0 Å². The molecule has 0 radical (unpaired) electrons. The molecule has 1 aliphatic rings. The van der Waals surface area contributed by atoms with Gasteiger partial charge < -0.3 is 15.0 Å². The Morgan fingerprint density at radius 1 is 1.69 bits per heavy atom. The lowest BCUT2D eigenvalue weighted by Crippen LogP contribution is -2.43. The Morgan fingerprint density at radius 3 is 2.94 bits per heavy atom. The molecule has 16 heavy (non-hydrogen) atoms. The number of H-pyrrole nitrogens is 1. The maximum atomic E-state index is 12.1. The van der Waals surface area contributed by atoms with E-state index in [0.717, 1.165) is 5.69 Å². The summed E-state index contributed by atoms with van der Waals surface area (Å²) in [6.07, 6.45) is 2.46. The van der Waals surface area contributed by atoms with Gasteiger partial charge in [-0.05, 0) is 32.4 Å². The number of aliphatic hydroxyl groups is 1. The van der Waals surface area contributed by atoms with Gasteiger partial charge in [-0.15, -0.1) is 0 Å². The first kappa shape index (κ1) is 11.2. The average molecular weight is 222 g/mol. The lowest BCUT2D eigenvalue weighted by atomic mass is 10.0. The van der Waals surface area contributed by atoms with Crippen LogP contribution in [0.15, 0.2) is 18.3 Å². The molecule has 0 saturated carbocycles. The number of aromatic amines is 1. The quantitative estimate of drug-likeness (QED) is 0.782. The maximum Gasteiger partial charge on any atom is 0.229 e. The van der Waals surface area contributed by atoms with E-state index in [9.17, 15) is 9.90 Å². The maximum absolute atomic E-state index is 12.1. The molecule has 88 valence electrons. The number of carbonyl (C=O) groups is 1. The van der Waals surface area contributed by atoms with Crippen LogP contribution in [0.3, 0.4) is 0 Å². The molecule has 1 atom stereocenters. The van der Waals surface area contributed by atoms with Crippen LogP contribution in [-0.2, 0) is 11.2 Å². The van der Waals surface area contributed by atoms with Gasteiger partial charge in [-0.1, -0.05) is 0 Å². The van der Waals surface area contributed by atoms with E-state index in [-0.39, 0.29) is 17.6 Å². The van der Waals surface area contributed by atoms with Gasteiger partial charge in [0.25, 0.3) is 0 Å². The zero-order chi connectivity index (χ0) is 11.8. The molecule has 0 bridgehead atoms. The Morgan fingerprint density at radius 2 is 2.44 bits per heavy atom. The SMILES string of the molecule is CC1(C)CC(O)CN1C(=O)Cc1ccc[nH]1. The minimum atomic E-state index is -0.386. The van der Waals surface area contributed by atoms with Gasteiger partial charge in [-0.3, -0.25) is 4.79 Å². The van der Waals surface area contributed by atoms with Gasteiger partial charge in [0.15, 0.2) is 0 Å². The Balaban J connectivity index is 2.05. The van der Waals surface area contributed by atoms with Crippen molar-refractivity contribution in [2.45, 2.75) is 38.3 Å². The van der Waals surface area contributed by atoms with Crippen LogP contribution in [0.1, 0.15) is 26.0 Å². The number of rotatable bonds is 2. The van der Waals surface area contributed by atoms with E-state index in [1.54, 1.807) is 4.90 Å². The first-order valence-electron chi connectivity index (χ1n) is 5.60. The van der Waals surface area contributed by atoms with Crippen molar-refractivity contribution in [2.75, 3.05) is 6.54 Å². The van der Waals surface area contributed by atoms with E-state index in [2.05, 4.69) is 4.98 Å². The van der Waals surface area contributed by atoms with Gasteiger partial charge in [-0.25, -0.2) is 0 Å². The van der Waals surface area contributed by atoms with Crippen molar-refractivity contribution >= 4 is 5.91 Å². The predicted octanol–water partition coefficient (Wildman–Crippen LogP) is 0.929. The Hall–Kier alpha value is -1.29. The molecule has 2 rings (SSSR count). The van der Waals surface area contributed by atoms with Gasteiger partial charge >= 0.3 is 0 Å². The lowest BCUT2D eigenvalue weighted by Gasteiger charge is -2.31. The first-order chi connectivity index (χ1) is 7.49. The molecule has 2 heterocycles. The molecule has 0 aromatic carbocycles. The van der Waals surface area contributed by atoms with Crippen LogP contribution in [0.2, 0.25) is 0 Å². The van der Waals surface area contributed by atoms with Gasteiger partial charge in [0.05, 0.1) is 12.5 Å². The minimum absolute atomic E-state index is 0.0731. The van der Waals surface area contributed by atoms with E-state index in [1.807, 2.05) is 32.2 Å². The normalized spacial score (nSPS) is 23.7. The van der Waals surface area contributed by atoms with Crippen molar-refractivity contribution < 1.29 is 9.90 Å². The number of hydrogen-bond donors (Lipinski definition) is 2. The van der Waals surface area contributed by atoms with Crippen molar-refractivity contribution in [3.63, 3.8) is 0 Å². The fraction of sp³-hybridized carbons (Fsp3) is 0.583. The summed E-state index contributed by atoms with van der Waals surface area (Å²) in [6, 6.07) is 3.78. The Labute approximate surface area is 95.3 Å². The summed E-state index contributed by atoms with van der Waals surface area (Å²) in [7, 11) is 0. The summed E-state index contributed by atoms with van der Waals surface area (Å²) in [5, 5.41) is 9.61. The number of nitrogens with zero attached hydrogens (tertiary/aromatic N) is 1. The summed E-state index contributed by atoms with van der Waals surface area (Å²) in [6.45, 7) is 4.44. The van der Waals surface area contributed by atoms with Gasteiger partial charge in [-0.2, -0.15) is 0 Å². The molecule has 4 nitrogen and oxygen atoms in total. The molecule has 1 amide bonds. The molecular formula is C12H18N2O2. The topological polar surface area (TPSA) is 56.3 Å². The third kappa shape index (κ3) is 2.11. The van der Waals surface area contributed by atoms with Crippen molar-refractivity contribution in [1.29, 1.82) is 0 Å². The molecule has 1 aliphatic heterocycles. The number of aliphatic hydroxyl groups excluding tert-OH is 1. The highest BCUT2D eigenvalue weighted by Gasteiger charge is 2.40. The first-order valence-corrected chi connectivity index (χ1v) is 5.60. The van der Waals surface area contributed by atoms with Gasteiger partial charge in [0.2, 0.25) is 5.91 Å². The number of nitrogens with one attached hydrogen (secondary N) is 1. The highest BCUT2D eigenvalue weighted by atomic mass is 16.3. The van der Waals surface area contributed by atoms with Crippen molar-refractivity contribution in [3.05, 3.63) is 24.0 Å². The predicted molar refractivity (Wildman–Crippen MR) is 60.9 cm³/mol. The van der Waals surface area contributed by atoms with Crippen LogP contribution >= 0.6 is 0 Å². The monoisotopic (exact) mass is 222 g/mol. The zero-order valence-corrected chi connectivity index (χ0v) is 9.73. The molecular weight excluding hydrogens is 204 g/mol. The fourth-order valence-electron chi connectivity index (χ4n) is 2.38. The summed E-state index contributed by atoms with van der Waals surface area (Å²) in [5.41, 5.74) is 0.686. The van der Waals surface area contributed by atoms with Gasteiger partial charge in [0.1, 0.15) is 0 Å². The highest BCUT2D eigenvalue weighted by Crippen LogP contribution is 2.29.